The molecule has 7 heteroatoms. The Balaban J connectivity index is 1.40. The molecule has 0 atom stereocenters. The highest BCUT2D eigenvalue weighted by Crippen LogP contribution is 2.25. The van der Waals surface area contributed by atoms with Crippen LogP contribution in [0.2, 0.25) is 0 Å². The molecule has 1 saturated heterocycles. The van der Waals surface area contributed by atoms with Crippen molar-refractivity contribution in [3.63, 3.8) is 0 Å². The number of piperidine rings is 1. The van der Waals surface area contributed by atoms with E-state index < -0.39 is 17.5 Å². The van der Waals surface area contributed by atoms with Crippen molar-refractivity contribution in [1.29, 1.82) is 0 Å². The smallest absolute Gasteiger partial charge is 0.256 e. The second-order valence-electron chi connectivity index (χ2n) is 7.06. The molecule has 148 valence electrons. The lowest BCUT2D eigenvalue weighted by Crippen LogP contribution is -2.41. The predicted octanol–water partition coefficient (Wildman–Crippen LogP) is 4.00. The van der Waals surface area contributed by atoms with Gasteiger partial charge in [0.1, 0.15) is 11.6 Å². The van der Waals surface area contributed by atoms with Crippen LogP contribution in [-0.2, 0) is 4.79 Å². The summed E-state index contributed by atoms with van der Waals surface area (Å²) in [6, 6.07) is 12.3. The Labute approximate surface area is 166 Å². The molecule has 1 aliphatic rings. The van der Waals surface area contributed by atoms with Crippen molar-refractivity contribution in [3.8, 4) is 0 Å². The van der Waals surface area contributed by atoms with Crippen molar-refractivity contribution < 1.29 is 18.4 Å². The van der Waals surface area contributed by atoms with Gasteiger partial charge in [-0.15, -0.1) is 0 Å². The van der Waals surface area contributed by atoms with Crippen LogP contribution in [0.5, 0.6) is 0 Å². The van der Waals surface area contributed by atoms with Gasteiger partial charge in [0.2, 0.25) is 5.91 Å². The number of halogens is 2. The summed E-state index contributed by atoms with van der Waals surface area (Å²) in [5, 5.41) is 3.88. The van der Waals surface area contributed by atoms with Gasteiger partial charge in [-0.3, -0.25) is 14.6 Å². The number of nitrogens with zero attached hydrogens (tertiary/aromatic N) is 2. The van der Waals surface area contributed by atoms with Crippen LogP contribution in [0.4, 0.5) is 14.5 Å². The number of aromatic nitrogens is 1. The molecule has 2 amide bonds. The van der Waals surface area contributed by atoms with Crippen molar-refractivity contribution in [1.82, 2.24) is 9.88 Å². The van der Waals surface area contributed by atoms with Crippen LogP contribution in [-0.4, -0.2) is 34.8 Å². The zero-order chi connectivity index (χ0) is 20.4. The lowest BCUT2D eigenvalue weighted by molar-refractivity contribution is -0.121. The number of rotatable bonds is 3. The zero-order valence-electron chi connectivity index (χ0n) is 15.6. The molecule has 2 heterocycles. The number of nitrogens with one attached hydrogen (secondary N) is 1. The number of benzene rings is 2. The van der Waals surface area contributed by atoms with E-state index in [1.807, 2.05) is 30.3 Å². The van der Waals surface area contributed by atoms with Gasteiger partial charge in [0.05, 0.1) is 16.8 Å². The Morgan fingerprint density at radius 1 is 1.03 bits per heavy atom. The van der Waals surface area contributed by atoms with Crippen molar-refractivity contribution in [2.24, 2.45) is 5.92 Å². The SMILES string of the molecule is O=C(Nc1cccc2cccnc12)C1CCN(C(=O)c2ccc(F)cc2F)CC1. The van der Waals surface area contributed by atoms with Gasteiger partial charge in [-0.1, -0.05) is 18.2 Å². The Morgan fingerprint density at radius 2 is 1.79 bits per heavy atom. The molecule has 0 radical (unpaired) electrons. The Kier molecular flexibility index (Phi) is 5.20. The van der Waals surface area contributed by atoms with Gasteiger partial charge in [-0.05, 0) is 37.1 Å². The van der Waals surface area contributed by atoms with E-state index in [0.717, 1.165) is 23.0 Å². The number of fused-ring (bicyclic) bond motifs is 1. The molecule has 0 spiro atoms. The molecule has 5 nitrogen and oxygen atoms in total. The second-order valence-corrected chi connectivity index (χ2v) is 7.06. The average molecular weight is 395 g/mol. The minimum atomic E-state index is -0.877. The molecule has 0 bridgehead atoms. The third kappa shape index (κ3) is 3.94. The van der Waals surface area contributed by atoms with E-state index in [4.69, 9.17) is 0 Å². The van der Waals surface area contributed by atoms with Crippen molar-refractivity contribution in [2.45, 2.75) is 12.8 Å². The molecule has 0 aliphatic carbocycles. The molecule has 29 heavy (non-hydrogen) atoms. The van der Waals surface area contributed by atoms with E-state index in [-0.39, 0.29) is 17.4 Å². The topological polar surface area (TPSA) is 62.3 Å². The minimum absolute atomic E-state index is 0.122. The number of amides is 2. The van der Waals surface area contributed by atoms with Crippen molar-refractivity contribution in [3.05, 3.63) is 71.9 Å². The zero-order valence-corrected chi connectivity index (χ0v) is 15.6. The highest BCUT2D eigenvalue weighted by atomic mass is 19.1. The molecule has 1 N–H and O–H groups in total. The highest BCUT2D eigenvalue weighted by Gasteiger charge is 2.29. The number of carbonyl (C=O) groups is 2. The molecular weight excluding hydrogens is 376 g/mol. The normalized spacial score (nSPS) is 14.8. The first-order valence-corrected chi connectivity index (χ1v) is 9.42. The summed E-state index contributed by atoms with van der Waals surface area (Å²) in [6.07, 6.45) is 2.62. The summed E-state index contributed by atoms with van der Waals surface area (Å²) in [5.74, 6) is -2.46. The monoisotopic (exact) mass is 395 g/mol. The minimum Gasteiger partial charge on any atom is -0.339 e. The number of anilines is 1. The predicted molar refractivity (Wildman–Crippen MR) is 105 cm³/mol. The van der Waals surface area contributed by atoms with Crippen LogP contribution in [0.15, 0.2) is 54.7 Å². The number of hydrogen-bond acceptors (Lipinski definition) is 3. The van der Waals surface area contributed by atoms with Gasteiger partial charge in [0.25, 0.3) is 5.91 Å². The summed E-state index contributed by atoms with van der Waals surface area (Å²) in [4.78, 5) is 31.0. The third-order valence-electron chi connectivity index (χ3n) is 5.21. The van der Waals surface area contributed by atoms with E-state index in [2.05, 4.69) is 10.3 Å². The fourth-order valence-corrected chi connectivity index (χ4v) is 3.62. The fraction of sp³-hybridized carbons (Fsp3) is 0.227. The van der Waals surface area contributed by atoms with E-state index >= 15 is 0 Å². The van der Waals surface area contributed by atoms with Crippen LogP contribution < -0.4 is 5.32 Å². The molecule has 4 rings (SSSR count). The third-order valence-corrected chi connectivity index (χ3v) is 5.21. The second kappa shape index (κ2) is 7.95. The lowest BCUT2D eigenvalue weighted by Gasteiger charge is -2.31. The standard InChI is InChI=1S/C22H19F2N3O2/c23-16-6-7-17(18(24)13-16)22(29)27-11-8-15(9-12-27)21(28)26-19-5-1-3-14-4-2-10-25-20(14)19/h1-7,10,13,15H,8-9,11-12H2,(H,26,28). The first kappa shape index (κ1) is 19.0. The molecule has 1 fully saturated rings. The fourth-order valence-electron chi connectivity index (χ4n) is 3.62. The van der Waals surface area contributed by atoms with Gasteiger partial charge >= 0.3 is 0 Å². The largest absolute Gasteiger partial charge is 0.339 e. The molecule has 3 aromatic rings. The molecule has 2 aromatic carbocycles. The van der Waals surface area contributed by atoms with Crippen LogP contribution in [0.1, 0.15) is 23.2 Å². The maximum atomic E-state index is 13.9. The Hall–Kier alpha value is -3.35. The van der Waals surface area contributed by atoms with Crippen LogP contribution in [0, 0.1) is 17.6 Å². The van der Waals surface area contributed by atoms with Crippen molar-refractivity contribution >= 4 is 28.4 Å². The summed E-state index contributed by atoms with van der Waals surface area (Å²) in [5.41, 5.74) is 1.22. The van der Waals surface area contributed by atoms with Crippen LogP contribution in [0.3, 0.4) is 0 Å². The van der Waals surface area contributed by atoms with Gasteiger partial charge in [-0.2, -0.15) is 0 Å². The number of para-hydroxylation sites is 1. The number of carbonyl (C=O) groups excluding carboxylic acids is 2. The van der Waals surface area contributed by atoms with E-state index in [0.29, 0.717) is 37.7 Å². The molecule has 0 saturated carbocycles. The van der Waals surface area contributed by atoms with E-state index in [1.165, 1.54) is 4.90 Å². The van der Waals surface area contributed by atoms with E-state index in [9.17, 15) is 18.4 Å². The average Bonchev–Trinajstić information content (AvgIpc) is 2.74. The van der Waals surface area contributed by atoms with Gasteiger partial charge in [0.15, 0.2) is 0 Å². The summed E-state index contributed by atoms with van der Waals surface area (Å²) >= 11 is 0. The van der Waals surface area contributed by atoms with Crippen molar-refractivity contribution in [2.75, 3.05) is 18.4 Å². The van der Waals surface area contributed by atoms with Gasteiger partial charge in [-0.25, -0.2) is 8.78 Å². The maximum Gasteiger partial charge on any atom is 0.256 e. The number of hydrogen-bond donors (Lipinski definition) is 1. The molecule has 1 aromatic heterocycles. The highest BCUT2D eigenvalue weighted by molar-refractivity contribution is 6.01. The van der Waals surface area contributed by atoms with E-state index in [1.54, 1.807) is 6.20 Å². The molecule has 0 unspecified atom stereocenters. The first-order chi connectivity index (χ1) is 14.0. The summed E-state index contributed by atoms with van der Waals surface area (Å²) in [6.45, 7) is 0.670. The lowest BCUT2D eigenvalue weighted by atomic mass is 9.95. The van der Waals surface area contributed by atoms with Crippen LogP contribution >= 0.6 is 0 Å². The summed E-state index contributed by atoms with van der Waals surface area (Å²) in [7, 11) is 0. The van der Waals surface area contributed by atoms with Gasteiger partial charge in [0, 0.05) is 36.7 Å². The number of pyridine rings is 1. The molecule has 1 aliphatic heterocycles. The van der Waals surface area contributed by atoms with Gasteiger partial charge < -0.3 is 10.2 Å². The number of likely N-dealkylation sites (tertiary alicyclic amines) is 1. The Bertz CT molecular complexity index is 1070. The molecular formula is C22H19F2N3O2. The van der Waals surface area contributed by atoms with Crippen LogP contribution in [0.25, 0.3) is 10.9 Å². The summed E-state index contributed by atoms with van der Waals surface area (Å²) < 4.78 is 26.9. The maximum absolute atomic E-state index is 13.9. The quantitative estimate of drug-likeness (QED) is 0.729. The Morgan fingerprint density at radius 3 is 2.55 bits per heavy atom. The first-order valence-electron chi connectivity index (χ1n) is 9.42.